The van der Waals surface area contributed by atoms with E-state index in [-0.39, 0.29) is 0 Å². The first kappa shape index (κ1) is 7.88. The molecule has 0 fully saturated rings. The Morgan fingerprint density at radius 2 is 2.11 bits per heavy atom. The molecular formula is C6H4BrIS. The Morgan fingerprint density at radius 3 is 2.56 bits per heavy atom. The summed E-state index contributed by atoms with van der Waals surface area (Å²) in [7, 11) is 0. The highest BCUT2D eigenvalue weighted by Crippen LogP contribution is 2.21. The monoisotopic (exact) mass is 314 g/mol. The van der Waals surface area contributed by atoms with E-state index < -0.39 is 0 Å². The Kier molecular flexibility index (Phi) is 2.85. The normalized spacial score (nSPS) is 9.67. The summed E-state index contributed by atoms with van der Waals surface area (Å²) in [4.78, 5) is 0.988. The van der Waals surface area contributed by atoms with Gasteiger partial charge in [0.1, 0.15) is 0 Å². The molecule has 1 aromatic rings. The van der Waals surface area contributed by atoms with Gasteiger partial charge in [0.2, 0.25) is 0 Å². The third kappa shape index (κ3) is 2.13. The summed E-state index contributed by atoms with van der Waals surface area (Å²) in [6.45, 7) is 0. The first-order valence-electron chi connectivity index (χ1n) is 2.34. The van der Waals surface area contributed by atoms with Crippen molar-refractivity contribution >= 4 is 51.1 Å². The smallest absolute Gasteiger partial charge is 0.0319 e. The number of hydrogen-bond donors (Lipinski definition) is 1. The van der Waals surface area contributed by atoms with Gasteiger partial charge in [0.05, 0.1) is 0 Å². The molecule has 0 heterocycles. The maximum absolute atomic E-state index is 4.17. The van der Waals surface area contributed by atoms with Crippen molar-refractivity contribution in [2.75, 3.05) is 0 Å². The highest BCUT2D eigenvalue weighted by atomic mass is 127. The molecule has 9 heavy (non-hydrogen) atoms. The Labute approximate surface area is 81.7 Å². The fourth-order valence-electron chi connectivity index (χ4n) is 0.485. The number of thiol groups is 1. The first-order chi connectivity index (χ1) is 4.20. The van der Waals surface area contributed by atoms with Gasteiger partial charge in [-0.25, -0.2) is 0 Å². The van der Waals surface area contributed by atoms with E-state index in [1.807, 2.05) is 18.2 Å². The summed E-state index contributed by atoms with van der Waals surface area (Å²) < 4.78 is 2.32. The summed E-state index contributed by atoms with van der Waals surface area (Å²) in [5, 5.41) is 0. The van der Waals surface area contributed by atoms with Crippen LogP contribution in [-0.2, 0) is 0 Å². The van der Waals surface area contributed by atoms with Crippen LogP contribution in [0.25, 0.3) is 0 Å². The van der Waals surface area contributed by atoms with Gasteiger partial charge >= 0.3 is 0 Å². The molecule has 48 valence electrons. The van der Waals surface area contributed by atoms with Crippen molar-refractivity contribution in [1.29, 1.82) is 0 Å². The summed E-state index contributed by atoms with van der Waals surface area (Å²) in [5.74, 6) is 0. The third-order valence-corrected chi connectivity index (χ3v) is 3.52. The maximum Gasteiger partial charge on any atom is 0.0319 e. The number of benzene rings is 1. The van der Waals surface area contributed by atoms with Crippen molar-refractivity contribution in [2.24, 2.45) is 0 Å². The zero-order valence-electron chi connectivity index (χ0n) is 4.44. The van der Waals surface area contributed by atoms with Crippen LogP contribution in [0.4, 0.5) is 0 Å². The average molecular weight is 315 g/mol. The van der Waals surface area contributed by atoms with Crippen LogP contribution in [-0.4, -0.2) is 0 Å². The number of rotatable bonds is 0. The van der Waals surface area contributed by atoms with Gasteiger partial charge in [-0.3, -0.25) is 0 Å². The molecule has 0 aliphatic rings. The van der Waals surface area contributed by atoms with Gasteiger partial charge in [-0.15, -0.1) is 12.6 Å². The minimum atomic E-state index is 0.988. The fourth-order valence-corrected chi connectivity index (χ4v) is 1.58. The van der Waals surface area contributed by atoms with Crippen molar-refractivity contribution in [2.45, 2.75) is 4.90 Å². The first-order valence-corrected chi connectivity index (χ1v) is 4.66. The minimum Gasteiger partial charge on any atom is -0.143 e. The molecule has 0 nitrogen and oxygen atoms in total. The van der Waals surface area contributed by atoms with Gasteiger partial charge in [-0.05, 0) is 56.7 Å². The summed E-state index contributed by atoms with van der Waals surface area (Å²) in [6.07, 6.45) is 0. The lowest BCUT2D eigenvalue weighted by molar-refractivity contribution is 1.42. The quantitative estimate of drug-likeness (QED) is 0.551. The molecule has 1 rings (SSSR count). The predicted molar refractivity (Wildman–Crippen MR) is 54.1 cm³/mol. The Hall–Kier alpha value is 0.780. The fraction of sp³-hybridized carbons (Fsp3) is 0. The molecule has 0 aliphatic heterocycles. The Balaban J connectivity index is 3.17. The molecule has 0 spiro atoms. The van der Waals surface area contributed by atoms with Crippen LogP contribution in [0.3, 0.4) is 0 Å². The molecule has 0 unspecified atom stereocenters. The van der Waals surface area contributed by atoms with Crippen molar-refractivity contribution in [3.05, 3.63) is 26.2 Å². The van der Waals surface area contributed by atoms with Crippen LogP contribution in [0.5, 0.6) is 0 Å². The zero-order valence-corrected chi connectivity index (χ0v) is 9.07. The highest BCUT2D eigenvalue weighted by Gasteiger charge is 1.93. The van der Waals surface area contributed by atoms with Crippen molar-refractivity contribution < 1.29 is 0 Å². The van der Waals surface area contributed by atoms with E-state index in [2.05, 4.69) is 51.1 Å². The Bertz CT molecular complexity index is 224. The molecule has 0 aromatic heterocycles. The second kappa shape index (κ2) is 3.25. The second-order valence-corrected chi connectivity index (χ2v) is 4.13. The minimum absolute atomic E-state index is 0.988. The van der Waals surface area contributed by atoms with Crippen LogP contribution in [0.2, 0.25) is 0 Å². The van der Waals surface area contributed by atoms with Crippen LogP contribution < -0.4 is 0 Å². The molecule has 0 saturated heterocycles. The zero-order chi connectivity index (χ0) is 6.85. The van der Waals surface area contributed by atoms with E-state index in [4.69, 9.17) is 0 Å². The lowest BCUT2D eigenvalue weighted by atomic mass is 10.4. The van der Waals surface area contributed by atoms with E-state index in [1.54, 1.807) is 0 Å². The van der Waals surface area contributed by atoms with Gasteiger partial charge in [0, 0.05) is 12.9 Å². The van der Waals surface area contributed by atoms with E-state index >= 15 is 0 Å². The van der Waals surface area contributed by atoms with Crippen molar-refractivity contribution in [3.8, 4) is 0 Å². The van der Waals surface area contributed by atoms with Crippen LogP contribution >= 0.6 is 51.1 Å². The number of halogens is 2. The molecule has 0 saturated carbocycles. The van der Waals surface area contributed by atoms with Crippen molar-refractivity contribution in [3.63, 3.8) is 0 Å². The molecule has 0 bridgehead atoms. The van der Waals surface area contributed by atoms with E-state index in [0.29, 0.717) is 0 Å². The molecule has 0 atom stereocenters. The average Bonchev–Trinajstić information content (AvgIpc) is 1.80. The Morgan fingerprint density at radius 1 is 1.44 bits per heavy atom. The van der Waals surface area contributed by atoms with Crippen molar-refractivity contribution in [1.82, 2.24) is 0 Å². The second-order valence-electron chi connectivity index (χ2n) is 1.60. The van der Waals surface area contributed by atoms with Crippen LogP contribution in [0, 0.1) is 3.57 Å². The van der Waals surface area contributed by atoms with E-state index in [0.717, 1.165) is 9.37 Å². The van der Waals surface area contributed by atoms with Gasteiger partial charge in [0.15, 0.2) is 0 Å². The predicted octanol–water partition coefficient (Wildman–Crippen LogP) is 3.34. The van der Waals surface area contributed by atoms with Crippen LogP contribution in [0.1, 0.15) is 0 Å². The van der Waals surface area contributed by atoms with E-state index in [9.17, 15) is 0 Å². The van der Waals surface area contributed by atoms with Crippen LogP contribution in [0.15, 0.2) is 27.6 Å². The summed E-state index contributed by atoms with van der Waals surface area (Å²) >= 11 is 9.82. The highest BCUT2D eigenvalue weighted by molar-refractivity contribution is 14.1. The van der Waals surface area contributed by atoms with Gasteiger partial charge in [0.25, 0.3) is 0 Å². The van der Waals surface area contributed by atoms with Gasteiger partial charge < -0.3 is 0 Å². The topological polar surface area (TPSA) is 0 Å². The molecule has 0 N–H and O–H groups in total. The third-order valence-electron chi connectivity index (χ3n) is 0.903. The lowest BCUT2D eigenvalue weighted by Gasteiger charge is -1.94. The van der Waals surface area contributed by atoms with Gasteiger partial charge in [-0.2, -0.15) is 0 Å². The standard InChI is InChI=1S/C6H4BrIS/c7-5-3-4(9)1-2-6(5)8/h1-3,9H. The molecule has 1 aromatic carbocycles. The molecule has 3 heteroatoms. The summed E-state index contributed by atoms with van der Waals surface area (Å²) in [5.41, 5.74) is 0. The molecule has 0 amide bonds. The van der Waals surface area contributed by atoms with Gasteiger partial charge in [-0.1, -0.05) is 0 Å². The molecule has 0 aliphatic carbocycles. The summed E-state index contributed by atoms with van der Waals surface area (Å²) in [6, 6.07) is 5.97. The molecule has 0 radical (unpaired) electrons. The van der Waals surface area contributed by atoms with E-state index in [1.165, 1.54) is 3.57 Å². The number of hydrogen-bond acceptors (Lipinski definition) is 1. The maximum atomic E-state index is 4.17. The lowest BCUT2D eigenvalue weighted by Crippen LogP contribution is -1.72. The SMILES string of the molecule is Sc1ccc(I)c(Br)c1. The largest absolute Gasteiger partial charge is 0.143 e. The molecular weight excluding hydrogens is 311 g/mol.